The molecule has 0 aliphatic carbocycles. The minimum atomic E-state index is -0.0352. The summed E-state index contributed by atoms with van der Waals surface area (Å²) in [5.41, 5.74) is 0.856. The van der Waals surface area contributed by atoms with Gasteiger partial charge in [-0.2, -0.15) is 5.10 Å². The van der Waals surface area contributed by atoms with Gasteiger partial charge in [-0.25, -0.2) is 9.50 Å². The second-order valence-corrected chi connectivity index (χ2v) is 4.49. The molecule has 6 heteroatoms. The fourth-order valence-electron chi connectivity index (χ4n) is 1.54. The van der Waals surface area contributed by atoms with Crippen LogP contribution in [0.3, 0.4) is 0 Å². The number of fused-ring (bicyclic) bond motifs is 1. The number of nitrogens with one attached hydrogen (secondary N) is 2. The van der Waals surface area contributed by atoms with Gasteiger partial charge >= 0.3 is 0 Å². The largest absolute Gasteiger partial charge is 0.359 e. The molecule has 2 heterocycles. The fraction of sp³-hybridized carbons (Fsp3) is 0.417. The number of carbonyl (C=O) groups is 1. The molecule has 18 heavy (non-hydrogen) atoms. The molecule has 0 aliphatic rings. The van der Waals surface area contributed by atoms with Gasteiger partial charge in [0.1, 0.15) is 5.52 Å². The molecule has 0 aromatic carbocycles. The van der Waals surface area contributed by atoms with Crippen molar-refractivity contribution >= 4 is 17.2 Å². The van der Waals surface area contributed by atoms with Crippen LogP contribution in [0.15, 0.2) is 24.7 Å². The van der Waals surface area contributed by atoms with Crippen LogP contribution in [0.2, 0.25) is 0 Å². The highest BCUT2D eigenvalue weighted by Gasteiger charge is 2.05. The Bertz CT molecular complexity index is 534. The molecule has 6 nitrogen and oxygen atoms in total. The summed E-state index contributed by atoms with van der Waals surface area (Å²) in [6.07, 6.45) is 5.11. The van der Waals surface area contributed by atoms with E-state index in [-0.39, 0.29) is 12.5 Å². The van der Waals surface area contributed by atoms with Crippen molar-refractivity contribution < 1.29 is 4.79 Å². The van der Waals surface area contributed by atoms with E-state index < -0.39 is 0 Å². The Morgan fingerprint density at radius 1 is 1.44 bits per heavy atom. The standard InChI is InChI=1S/C12H17N5O/c1-9(2)7-14-11(18)8-15-12-10-3-4-16-17(10)6-5-13-12/h3-6,9H,7-8H2,1-2H3,(H,13,15)(H,14,18). The van der Waals surface area contributed by atoms with Gasteiger partial charge < -0.3 is 10.6 Å². The van der Waals surface area contributed by atoms with Gasteiger partial charge in [0.2, 0.25) is 5.91 Å². The Hall–Kier alpha value is -2.11. The molecular weight excluding hydrogens is 230 g/mol. The van der Waals surface area contributed by atoms with Crippen molar-refractivity contribution in [3.8, 4) is 0 Å². The van der Waals surface area contributed by atoms with E-state index in [9.17, 15) is 4.79 Å². The third kappa shape index (κ3) is 2.97. The van der Waals surface area contributed by atoms with Crippen molar-refractivity contribution in [2.45, 2.75) is 13.8 Å². The highest BCUT2D eigenvalue weighted by molar-refractivity contribution is 5.82. The van der Waals surface area contributed by atoms with Crippen LogP contribution in [-0.2, 0) is 4.79 Å². The minimum absolute atomic E-state index is 0.0352. The van der Waals surface area contributed by atoms with E-state index in [1.165, 1.54) is 0 Å². The van der Waals surface area contributed by atoms with Crippen molar-refractivity contribution in [2.75, 3.05) is 18.4 Å². The maximum atomic E-state index is 11.6. The predicted octanol–water partition coefficient (Wildman–Crippen LogP) is 0.913. The number of rotatable bonds is 5. The van der Waals surface area contributed by atoms with Crippen molar-refractivity contribution in [3.63, 3.8) is 0 Å². The number of anilines is 1. The predicted molar refractivity (Wildman–Crippen MR) is 69.3 cm³/mol. The first kappa shape index (κ1) is 12.3. The van der Waals surface area contributed by atoms with Crippen LogP contribution < -0.4 is 10.6 Å². The first-order valence-electron chi connectivity index (χ1n) is 5.95. The van der Waals surface area contributed by atoms with Gasteiger partial charge in [-0.15, -0.1) is 0 Å². The van der Waals surface area contributed by atoms with E-state index in [0.717, 1.165) is 5.52 Å². The van der Waals surface area contributed by atoms with Crippen LogP contribution in [0.4, 0.5) is 5.82 Å². The molecule has 0 aliphatic heterocycles. The van der Waals surface area contributed by atoms with E-state index in [2.05, 4.69) is 34.6 Å². The second kappa shape index (κ2) is 5.48. The lowest BCUT2D eigenvalue weighted by Gasteiger charge is -2.09. The molecule has 0 saturated heterocycles. The Morgan fingerprint density at radius 2 is 2.28 bits per heavy atom. The topological polar surface area (TPSA) is 71.3 Å². The average molecular weight is 247 g/mol. The first-order valence-corrected chi connectivity index (χ1v) is 5.95. The van der Waals surface area contributed by atoms with Crippen molar-refractivity contribution in [2.24, 2.45) is 5.92 Å². The highest BCUT2D eigenvalue weighted by Crippen LogP contribution is 2.11. The van der Waals surface area contributed by atoms with Crippen LogP contribution >= 0.6 is 0 Å². The Balaban J connectivity index is 1.94. The van der Waals surface area contributed by atoms with E-state index in [1.54, 1.807) is 23.1 Å². The van der Waals surface area contributed by atoms with Crippen molar-refractivity contribution in [3.05, 3.63) is 24.7 Å². The lowest BCUT2D eigenvalue weighted by atomic mass is 10.2. The summed E-state index contributed by atoms with van der Waals surface area (Å²) in [7, 11) is 0. The summed E-state index contributed by atoms with van der Waals surface area (Å²) < 4.78 is 1.71. The van der Waals surface area contributed by atoms with E-state index in [4.69, 9.17) is 0 Å². The molecule has 0 radical (unpaired) electrons. The minimum Gasteiger partial charge on any atom is -0.359 e. The SMILES string of the molecule is CC(C)CNC(=O)CNc1nccn2nccc12. The number of carbonyl (C=O) groups excluding carboxylic acids is 1. The molecule has 0 bridgehead atoms. The molecule has 0 unspecified atom stereocenters. The highest BCUT2D eigenvalue weighted by atomic mass is 16.1. The monoisotopic (exact) mass is 247 g/mol. The van der Waals surface area contributed by atoms with E-state index in [1.807, 2.05) is 6.07 Å². The Kier molecular flexibility index (Phi) is 3.76. The average Bonchev–Trinajstić information content (AvgIpc) is 2.82. The molecule has 2 rings (SSSR count). The number of aromatic nitrogens is 3. The number of hydrogen-bond acceptors (Lipinski definition) is 4. The lowest BCUT2D eigenvalue weighted by molar-refractivity contribution is -0.119. The lowest BCUT2D eigenvalue weighted by Crippen LogP contribution is -2.32. The molecule has 0 saturated carbocycles. The van der Waals surface area contributed by atoms with E-state index in [0.29, 0.717) is 18.3 Å². The van der Waals surface area contributed by atoms with Crippen LogP contribution in [-0.4, -0.2) is 33.6 Å². The number of nitrogens with zero attached hydrogens (tertiary/aromatic N) is 3. The second-order valence-electron chi connectivity index (χ2n) is 4.49. The van der Waals surface area contributed by atoms with Crippen molar-refractivity contribution in [1.82, 2.24) is 19.9 Å². The molecular formula is C12H17N5O. The van der Waals surface area contributed by atoms with E-state index >= 15 is 0 Å². The maximum Gasteiger partial charge on any atom is 0.239 e. The third-order valence-electron chi connectivity index (χ3n) is 2.45. The van der Waals surface area contributed by atoms with Crippen LogP contribution in [0.1, 0.15) is 13.8 Å². The summed E-state index contributed by atoms with van der Waals surface area (Å²) in [6, 6.07) is 1.85. The Labute approximate surface area is 105 Å². The fourth-order valence-corrected chi connectivity index (χ4v) is 1.54. The van der Waals surface area contributed by atoms with Gasteiger partial charge in [-0.05, 0) is 12.0 Å². The zero-order valence-corrected chi connectivity index (χ0v) is 10.6. The first-order chi connectivity index (χ1) is 8.66. The molecule has 2 N–H and O–H groups in total. The third-order valence-corrected chi connectivity index (χ3v) is 2.45. The van der Waals surface area contributed by atoms with Gasteiger partial charge in [0.05, 0.1) is 12.7 Å². The number of hydrogen-bond donors (Lipinski definition) is 2. The van der Waals surface area contributed by atoms with Crippen molar-refractivity contribution in [1.29, 1.82) is 0 Å². The molecule has 96 valence electrons. The summed E-state index contributed by atoms with van der Waals surface area (Å²) in [5, 5.41) is 9.96. The quantitative estimate of drug-likeness (QED) is 0.824. The molecule has 0 atom stereocenters. The maximum absolute atomic E-state index is 11.6. The zero-order chi connectivity index (χ0) is 13.0. The van der Waals surface area contributed by atoms with Crippen LogP contribution in [0, 0.1) is 5.92 Å². The number of amides is 1. The normalized spacial score (nSPS) is 10.8. The molecule has 0 spiro atoms. The van der Waals surface area contributed by atoms with Gasteiger partial charge in [0, 0.05) is 18.9 Å². The molecule has 1 amide bonds. The smallest absolute Gasteiger partial charge is 0.239 e. The summed E-state index contributed by atoms with van der Waals surface area (Å²) in [5.74, 6) is 1.08. The molecule has 2 aromatic rings. The van der Waals surface area contributed by atoms with Gasteiger partial charge in [-0.1, -0.05) is 13.8 Å². The van der Waals surface area contributed by atoms with Gasteiger partial charge in [0.25, 0.3) is 0 Å². The zero-order valence-electron chi connectivity index (χ0n) is 10.6. The summed E-state index contributed by atoms with van der Waals surface area (Å²) >= 11 is 0. The summed E-state index contributed by atoms with van der Waals surface area (Å²) in [4.78, 5) is 15.8. The molecule has 0 fully saturated rings. The van der Waals surface area contributed by atoms with Crippen LogP contribution in [0.5, 0.6) is 0 Å². The summed E-state index contributed by atoms with van der Waals surface area (Å²) in [6.45, 7) is 5.01. The van der Waals surface area contributed by atoms with Gasteiger partial charge in [0.15, 0.2) is 5.82 Å². The van der Waals surface area contributed by atoms with Gasteiger partial charge in [-0.3, -0.25) is 4.79 Å². The Morgan fingerprint density at radius 3 is 3.06 bits per heavy atom. The molecule has 2 aromatic heterocycles. The van der Waals surface area contributed by atoms with Crippen LogP contribution in [0.25, 0.3) is 5.52 Å².